The first-order chi connectivity index (χ1) is 15.4. The Balaban J connectivity index is 2.13. The fourth-order valence-corrected chi connectivity index (χ4v) is 5.31. The molecule has 0 aliphatic carbocycles. The lowest BCUT2D eigenvalue weighted by atomic mass is 9.98. The van der Waals surface area contributed by atoms with Gasteiger partial charge in [-0.2, -0.15) is 0 Å². The predicted octanol–water partition coefficient (Wildman–Crippen LogP) is 5.47. The number of halogens is 1. The van der Waals surface area contributed by atoms with Gasteiger partial charge < -0.3 is 10.4 Å². The molecule has 172 valence electrons. The van der Waals surface area contributed by atoms with Crippen molar-refractivity contribution in [2.75, 3.05) is 5.32 Å². The summed E-state index contributed by atoms with van der Waals surface area (Å²) in [5, 5.41) is 24.7. The van der Waals surface area contributed by atoms with Gasteiger partial charge in [-0.3, -0.25) is 14.9 Å². The van der Waals surface area contributed by atoms with E-state index in [-0.39, 0.29) is 43.8 Å². The summed E-state index contributed by atoms with van der Waals surface area (Å²) >= 11 is 5.88. The number of phenols is 1. The highest BCUT2D eigenvalue weighted by atomic mass is 35.5. The van der Waals surface area contributed by atoms with E-state index in [4.69, 9.17) is 11.6 Å². The number of nitrogens with one attached hydrogen (secondary N) is 1. The molecule has 0 unspecified atom stereocenters. The summed E-state index contributed by atoms with van der Waals surface area (Å²) in [4.78, 5) is 22.8. The third-order valence-electron chi connectivity index (χ3n) is 5.04. The van der Waals surface area contributed by atoms with Crippen LogP contribution in [0.5, 0.6) is 5.75 Å². The fourth-order valence-electron chi connectivity index (χ4n) is 3.40. The molecule has 10 heteroatoms. The molecular weight excluding hydrogens is 468 g/mol. The van der Waals surface area contributed by atoms with Crippen molar-refractivity contribution >= 4 is 38.7 Å². The number of hydrogen-bond acceptors (Lipinski definition) is 6. The van der Waals surface area contributed by atoms with Crippen LogP contribution in [0, 0.1) is 17.0 Å². The summed E-state index contributed by atoms with van der Waals surface area (Å²) in [6, 6.07) is 12.1. The number of non-ortho nitro benzene ring substituents is 1. The lowest BCUT2D eigenvalue weighted by Gasteiger charge is -2.21. The molecule has 3 aromatic rings. The van der Waals surface area contributed by atoms with E-state index >= 15 is 0 Å². The number of nitro benzene ring substituents is 1. The third kappa shape index (κ3) is 4.84. The maximum absolute atomic E-state index is 13.5. The molecule has 3 rings (SSSR count). The normalized spacial score (nSPS) is 11.4. The molecule has 0 bridgehead atoms. The monoisotopic (exact) mass is 488 g/mol. The molecule has 0 aromatic heterocycles. The summed E-state index contributed by atoms with van der Waals surface area (Å²) in [5.74, 6) is -1.37. The predicted molar refractivity (Wildman–Crippen MR) is 125 cm³/mol. The van der Waals surface area contributed by atoms with Gasteiger partial charge in [-0.15, -0.1) is 0 Å². The minimum absolute atomic E-state index is 0.0534. The lowest BCUT2D eigenvalue weighted by Crippen LogP contribution is -2.17. The third-order valence-corrected chi connectivity index (χ3v) is 7.14. The number of amides is 1. The summed E-state index contributed by atoms with van der Waals surface area (Å²) in [6.45, 7) is 5.01. The van der Waals surface area contributed by atoms with Crippen LogP contribution in [0.2, 0.25) is 5.02 Å². The van der Waals surface area contributed by atoms with Crippen molar-refractivity contribution < 1.29 is 23.2 Å². The zero-order valence-corrected chi connectivity index (χ0v) is 19.6. The Morgan fingerprint density at radius 1 is 1.09 bits per heavy atom. The van der Waals surface area contributed by atoms with Crippen molar-refractivity contribution in [3.63, 3.8) is 0 Å². The molecule has 0 atom stereocenters. The van der Waals surface area contributed by atoms with Gasteiger partial charge in [0.15, 0.2) is 0 Å². The van der Waals surface area contributed by atoms with E-state index in [1.165, 1.54) is 61.5 Å². The van der Waals surface area contributed by atoms with Crippen LogP contribution in [-0.4, -0.2) is 24.4 Å². The number of nitro groups is 1. The highest BCUT2D eigenvalue weighted by Gasteiger charge is 2.30. The number of phenolic OH excluding ortho intramolecular Hbond substituents is 1. The average molecular weight is 489 g/mol. The second-order valence-corrected chi connectivity index (χ2v) is 10.0. The molecule has 0 saturated carbocycles. The van der Waals surface area contributed by atoms with Gasteiger partial charge in [-0.25, -0.2) is 8.42 Å². The van der Waals surface area contributed by atoms with Crippen molar-refractivity contribution in [2.24, 2.45) is 0 Å². The minimum atomic E-state index is -4.16. The van der Waals surface area contributed by atoms with Gasteiger partial charge >= 0.3 is 0 Å². The number of rotatable bonds is 6. The number of aryl methyl sites for hydroxylation is 1. The van der Waals surface area contributed by atoms with Crippen LogP contribution in [-0.2, 0) is 9.84 Å². The zero-order chi connectivity index (χ0) is 24.5. The molecule has 0 spiro atoms. The van der Waals surface area contributed by atoms with Gasteiger partial charge in [0.2, 0.25) is 9.84 Å². The summed E-state index contributed by atoms with van der Waals surface area (Å²) in [7, 11) is -4.16. The summed E-state index contributed by atoms with van der Waals surface area (Å²) < 4.78 is 26.9. The SMILES string of the molecule is Cc1cc(NC(=O)c2ccc([N+](=O)[O-])cc2)c(C(C)C)c(S(=O)(=O)c2ccc(Cl)cc2)c1O. The van der Waals surface area contributed by atoms with E-state index in [0.29, 0.717) is 5.02 Å². The van der Waals surface area contributed by atoms with Crippen LogP contribution in [0.3, 0.4) is 0 Å². The van der Waals surface area contributed by atoms with Gasteiger partial charge in [0.25, 0.3) is 11.6 Å². The number of nitrogens with zero attached hydrogens (tertiary/aromatic N) is 1. The van der Waals surface area contributed by atoms with Crippen molar-refractivity contribution in [1.29, 1.82) is 0 Å². The van der Waals surface area contributed by atoms with Gasteiger partial charge in [-0.05, 0) is 60.9 Å². The second-order valence-electron chi connectivity index (χ2n) is 7.70. The topological polar surface area (TPSA) is 127 Å². The molecule has 0 aliphatic heterocycles. The first kappa shape index (κ1) is 24.2. The molecule has 0 fully saturated rings. The van der Waals surface area contributed by atoms with Crippen LogP contribution in [0.15, 0.2) is 64.4 Å². The van der Waals surface area contributed by atoms with E-state index in [1.807, 2.05) is 0 Å². The Bertz CT molecular complexity index is 1330. The molecule has 2 N–H and O–H groups in total. The zero-order valence-electron chi connectivity index (χ0n) is 18.0. The van der Waals surface area contributed by atoms with Crippen molar-refractivity contribution in [3.8, 4) is 5.75 Å². The molecule has 0 heterocycles. The highest BCUT2D eigenvalue weighted by Crippen LogP contribution is 2.42. The lowest BCUT2D eigenvalue weighted by molar-refractivity contribution is -0.384. The average Bonchev–Trinajstić information content (AvgIpc) is 2.75. The van der Waals surface area contributed by atoms with Gasteiger partial charge in [0, 0.05) is 34.0 Å². The largest absolute Gasteiger partial charge is 0.506 e. The van der Waals surface area contributed by atoms with E-state index in [9.17, 15) is 28.4 Å². The molecule has 0 saturated heterocycles. The van der Waals surface area contributed by atoms with Crippen LogP contribution in [0.25, 0.3) is 0 Å². The molecule has 0 aliphatic rings. The van der Waals surface area contributed by atoms with Crippen molar-refractivity contribution in [3.05, 3.63) is 86.4 Å². The number of carbonyl (C=O) groups is 1. The van der Waals surface area contributed by atoms with Gasteiger partial charge in [-0.1, -0.05) is 25.4 Å². The van der Waals surface area contributed by atoms with Crippen molar-refractivity contribution in [1.82, 2.24) is 0 Å². The van der Waals surface area contributed by atoms with Crippen molar-refractivity contribution in [2.45, 2.75) is 36.5 Å². The maximum Gasteiger partial charge on any atom is 0.269 e. The Morgan fingerprint density at radius 3 is 2.18 bits per heavy atom. The quantitative estimate of drug-likeness (QED) is 0.269. The number of carbonyl (C=O) groups excluding carboxylic acids is 1. The summed E-state index contributed by atoms with van der Waals surface area (Å²) in [6.07, 6.45) is 0. The first-order valence-electron chi connectivity index (χ1n) is 9.86. The fraction of sp³-hybridized carbons (Fsp3) is 0.174. The van der Waals surface area contributed by atoms with E-state index in [2.05, 4.69) is 5.32 Å². The van der Waals surface area contributed by atoms with E-state index < -0.39 is 26.4 Å². The number of aromatic hydroxyl groups is 1. The smallest absolute Gasteiger partial charge is 0.269 e. The number of anilines is 1. The number of sulfone groups is 1. The maximum atomic E-state index is 13.5. The van der Waals surface area contributed by atoms with Gasteiger partial charge in [0.1, 0.15) is 10.6 Å². The number of hydrogen-bond donors (Lipinski definition) is 2. The second kappa shape index (κ2) is 9.21. The van der Waals surface area contributed by atoms with Crippen LogP contribution < -0.4 is 5.32 Å². The Kier molecular flexibility index (Phi) is 6.76. The molecular formula is C23H21ClN2O6S. The molecule has 8 nitrogen and oxygen atoms in total. The van der Waals surface area contributed by atoms with Gasteiger partial charge in [0.05, 0.1) is 9.82 Å². The minimum Gasteiger partial charge on any atom is -0.506 e. The Hall–Kier alpha value is -3.43. The molecule has 0 radical (unpaired) electrons. The molecule has 1 amide bonds. The Labute approximate surface area is 195 Å². The molecule has 3 aromatic carbocycles. The number of benzene rings is 3. The highest BCUT2D eigenvalue weighted by molar-refractivity contribution is 7.91. The van der Waals surface area contributed by atoms with E-state index in [0.717, 1.165) is 0 Å². The van der Waals surface area contributed by atoms with Crippen LogP contribution >= 0.6 is 11.6 Å². The molecule has 33 heavy (non-hydrogen) atoms. The summed E-state index contributed by atoms with van der Waals surface area (Å²) in [5.41, 5.74) is 0.708. The first-order valence-corrected chi connectivity index (χ1v) is 11.7. The Morgan fingerprint density at radius 2 is 1.67 bits per heavy atom. The standard InChI is InChI=1S/C23H21ClN2O6S/c1-13(2)20-19(25-23(28)15-4-8-17(9-5-15)26(29)30)12-14(3)21(27)22(20)33(31,32)18-10-6-16(24)7-11-18/h4-13,27H,1-3H3,(H,25,28). The van der Waals surface area contributed by atoms with E-state index in [1.54, 1.807) is 13.8 Å². The van der Waals surface area contributed by atoms with Crippen LogP contribution in [0.4, 0.5) is 11.4 Å². The van der Waals surface area contributed by atoms with Crippen LogP contribution in [0.1, 0.15) is 41.3 Å².